The van der Waals surface area contributed by atoms with Crippen LogP contribution in [-0.4, -0.2) is 43.0 Å². The van der Waals surface area contributed by atoms with Crippen LogP contribution in [0.5, 0.6) is 0 Å². The topological polar surface area (TPSA) is 36.4 Å². The molecular weight excluding hydrogens is 374 g/mol. The van der Waals surface area contributed by atoms with Crippen LogP contribution in [-0.2, 0) is 0 Å². The van der Waals surface area contributed by atoms with Crippen LogP contribution in [0, 0.1) is 13.8 Å². The number of rotatable bonds is 5. The molecule has 2 heterocycles. The van der Waals surface area contributed by atoms with Gasteiger partial charge < -0.3 is 4.90 Å². The molecule has 0 bridgehead atoms. The third-order valence-electron chi connectivity index (χ3n) is 3.80. The van der Waals surface area contributed by atoms with Crippen molar-refractivity contribution in [3.8, 4) is 0 Å². The van der Waals surface area contributed by atoms with Crippen molar-refractivity contribution in [2.75, 3.05) is 32.1 Å². The molecular formula is C18H22ClN3OS2. The van der Waals surface area contributed by atoms with E-state index in [0.717, 1.165) is 32.3 Å². The SMILES string of the molecule is Cc1cc(C)c2nc(N(CCN(C)C)C(=O)c3cccs3)sc2c1.Cl. The number of aryl methyl sites for hydroxylation is 2. The Kier molecular flexibility index (Phi) is 6.57. The second-order valence-corrected chi connectivity index (χ2v) is 8.12. The van der Waals surface area contributed by atoms with Gasteiger partial charge in [-0.05, 0) is 56.6 Å². The van der Waals surface area contributed by atoms with E-state index < -0.39 is 0 Å². The summed E-state index contributed by atoms with van der Waals surface area (Å²) in [5.41, 5.74) is 3.37. The van der Waals surface area contributed by atoms with Gasteiger partial charge in [-0.2, -0.15) is 0 Å². The molecule has 0 aliphatic heterocycles. The molecule has 1 aromatic carbocycles. The van der Waals surface area contributed by atoms with E-state index in [1.807, 2.05) is 36.5 Å². The number of aromatic nitrogens is 1. The van der Waals surface area contributed by atoms with Gasteiger partial charge in [0.15, 0.2) is 5.13 Å². The van der Waals surface area contributed by atoms with Gasteiger partial charge in [-0.15, -0.1) is 23.7 Å². The largest absolute Gasteiger partial charge is 0.308 e. The van der Waals surface area contributed by atoms with Crippen molar-refractivity contribution in [3.05, 3.63) is 45.6 Å². The summed E-state index contributed by atoms with van der Waals surface area (Å²) in [6.07, 6.45) is 0. The fraction of sp³-hybridized carbons (Fsp3) is 0.333. The van der Waals surface area contributed by atoms with Crippen molar-refractivity contribution in [2.45, 2.75) is 13.8 Å². The lowest BCUT2D eigenvalue weighted by Gasteiger charge is -2.21. The first-order valence-corrected chi connectivity index (χ1v) is 9.53. The molecule has 0 unspecified atom stereocenters. The molecule has 0 saturated carbocycles. The predicted octanol–water partition coefficient (Wildman–Crippen LogP) is 4.60. The first-order valence-electron chi connectivity index (χ1n) is 7.83. The molecule has 0 fully saturated rings. The number of carbonyl (C=O) groups excluding carboxylic acids is 1. The molecule has 0 N–H and O–H groups in total. The number of nitrogens with zero attached hydrogens (tertiary/aromatic N) is 3. The number of anilines is 1. The van der Waals surface area contributed by atoms with Crippen LogP contribution in [0.1, 0.15) is 20.8 Å². The van der Waals surface area contributed by atoms with Gasteiger partial charge >= 0.3 is 0 Å². The van der Waals surface area contributed by atoms with Gasteiger partial charge in [0.2, 0.25) is 0 Å². The maximum atomic E-state index is 12.9. The highest BCUT2D eigenvalue weighted by atomic mass is 35.5. The fourth-order valence-corrected chi connectivity index (χ4v) is 4.43. The van der Waals surface area contributed by atoms with Gasteiger partial charge in [-0.25, -0.2) is 4.98 Å². The Morgan fingerprint density at radius 3 is 2.60 bits per heavy atom. The Morgan fingerprint density at radius 1 is 1.20 bits per heavy atom. The van der Waals surface area contributed by atoms with E-state index in [-0.39, 0.29) is 18.3 Å². The van der Waals surface area contributed by atoms with Crippen molar-refractivity contribution in [2.24, 2.45) is 0 Å². The number of likely N-dealkylation sites (N-methyl/N-ethyl adjacent to an activating group) is 1. The summed E-state index contributed by atoms with van der Waals surface area (Å²) >= 11 is 3.06. The molecule has 0 saturated heterocycles. The number of amides is 1. The number of thiazole rings is 1. The van der Waals surface area contributed by atoms with Gasteiger partial charge in [-0.1, -0.05) is 23.5 Å². The molecule has 0 radical (unpaired) electrons. The van der Waals surface area contributed by atoms with E-state index in [1.165, 1.54) is 16.9 Å². The van der Waals surface area contributed by atoms with Gasteiger partial charge in [0.05, 0.1) is 15.1 Å². The lowest BCUT2D eigenvalue weighted by atomic mass is 10.1. The van der Waals surface area contributed by atoms with Crippen molar-refractivity contribution < 1.29 is 4.79 Å². The maximum absolute atomic E-state index is 12.9. The molecule has 7 heteroatoms. The van der Waals surface area contributed by atoms with Gasteiger partial charge in [0.25, 0.3) is 5.91 Å². The number of hydrogen-bond acceptors (Lipinski definition) is 5. The summed E-state index contributed by atoms with van der Waals surface area (Å²) in [6.45, 7) is 5.59. The Balaban J connectivity index is 0.00000225. The Labute approximate surface area is 162 Å². The average Bonchev–Trinajstić information content (AvgIpc) is 3.16. The third-order valence-corrected chi connectivity index (χ3v) is 5.68. The summed E-state index contributed by atoms with van der Waals surface area (Å²) in [4.78, 5) is 22.3. The number of carbonyl (C=O) groups is 1. The van der Waals surface area contributed by atoms with Crippen LogP contribution in [0.2, 0.25) is 0 Å². The first kappa shape index (κ1) is 19.8. The zero-order valence-corrected chi connectivity index (χ0v) is 17.2. The smallest absolute Gasteiger partial charge is 0.270 e. The van der Waals surface area contributed by atoms with E-state index in [9.17, 15) is 4.79 Å². The van der Waals surface area contributed by atoms with Crippen LogP contribution in [0.3, 0.4) is 0 Å². The predicted molar refractivity (Wildman–Crippen MR) is 111 cm³/mol. The number of thiophene rings is 1. The summed E-state index contributed by atoms with van der Waals surface area (Å²) < 4.78 is 1.14. The molecule has 25 heavy (non-hydrogen) atoms. The molecule has 1 amide bonds. The maximum Gasteiger partial charge on any atom is 0.270 e. The average molecular weight is 396 g/mol. The fourth-order valence-electron chi connectivity index (χ4n) is 2.59. The monoisotopic (exact) mass is 395 g/mol. The van der Waals surface area contributed by atoms with Crippen molar-refractivity contribution in [3.63, 3.8) is 0 Å². The quantitative estimate of drug-likeness (QED) is 0.633. The van der Waals surface area contributed by atoms with Crippen molar-refractivity contribution >= 4 is 56.3 Å². The van der Waals surface area contributed by atoms with E-state index in [4.69, 9.17) is 4.98 Å². The minimum atomic E-state index is 0. The second-order valence-electron chi connectivity index (χ2n) is 6.16. The summed E-state index contributed by atoms with van der Waals surface area (Å²) in [6, 6.07) is 8.06. The molecule has 0 aliphatic rings. The van der Waals surface area contributed by atoms with Crippen LogP contribution < -0.4 is 4.90 Å². The van der Waals surface area contributed by atoms with E-state index in [1.54, 1.807) is 11.3 Å². The van der Waals surface area contributed by atoms with Crippen LogP contribution >= 0.6 is 35.1 Å². The van der Waals surface area contributed by atoms with E-state index >= 15 is 0 Å². The molecule has 0 aliphatic carbocycles. The molecule has 2 aromatic heterocycles. The minimum absolute atomic E-state index is 0. The van der Waals surface area contributed by atoms with Gasteiger partial charge in [-0.3, -0.25) is 9.69 Å². The molecule has 3 aromatic rings. The number of fused-ring (bicyclic) bond motifs is 1. The van der Waals surface area contributed by atoms with Crippen molar-refractivity contribution in [1.82, 2.24) is 9.88 Å². The first-order chi connectivity index (χ1) is 11.5. The zero-order valence-electron chi connectivity index (χ0n) is 14.8. The van der Waals surface area contributed by atoms with Crippen molar-refractivity contribution in [1.29, 1.82) is 0 Å². The Bertz CT molecular complexity index is 859. The highest BCUT2D eigenvalue weighted by Crippen LogP contribution is 2.32. The van der Waals surface area contributed by atoms with Gasteiger partial charge in [0.1, 0.15) is 0 Å². The van der Waals surface area contributed by atoms with Crippen LogP contribution in [0.25, 0.3) is 10.2 Å². The van der Waals surface area contributed by atoms with Crippen LogP contribution in [0.15, 0.2) is 29.6 Å². The molecule has 3 rings (SSSR count). The lowest BCUT2D eigenvalue weighted by molar-refractivity contribution is 0.0989. The van der Waals surface area contributed by atoms with Crippen LogP contribution in [0.4, 0.5) is 5.13 Å². The van der Waals surface area contributed by atoms with E-state index in [2.05, 4.69) is 30.9 Å². The third kappa shape index (κ3) is 4.39. The molecule has 0 spiro atoms. The lowest BCUT2D eigenvalue weighted by Crippen LogP contribution is -2.36. The van der Waals surface area contributed by atoms with E-state index in [0.29, 0.717) is 6.54 Å². The number of hydrogen-bond donors (Lipinski definition) is 0. The zero-order chi connectivity index (χ0) is 17.3. The summed E-state index contributed by atoms with van der Waals surface area (Å²) in [7, 11) is 4.03. The minimum Gasteiger partial charge on any atom is -0.308 e. The summed E-state index contributed by atoms with van der Waals surface area (Å²) in [5.74, 6) is 0.0280. The molecule has 4 nitrogen and oxygen atoms in total. The normalized spacial score (nSPS) is 10.9. The Morgan fingerprint density at radius 2 is 1.96 bits per heavy atom. The highest BCUT2D eigenvalue weighted by Gasteiger charge is 2.22. The molecule has 0 atom stereocenters. The number of benzene rings is 1. The second kappa shape index (κ2) is 8.27. The van der Waals surface area contributed by atoms with Gasteiger partial charge in [0, 0.05) is 13.1 Å². The highest BCUT2D eigenvalue weighted by molar-refractivity contribution is 7.22. The Hall–Kier alpha value is -1.47. The summed E-state index contributed by atoms with van der Waals surface area (Å²) in [5, 5.41) is 2.71. The standard InChI is InChI=1S/C18H21N3OS2.ClH/c1-12-10-13(2)16-15(11-12)24-18(19-16)21(8-7-20(3)4)17(22)14-6-5-9-23-14;/h5-6,9-11H,7-8H2,1-4H3;1H. The molecule has 134 valence electrons. The number of halogens is 1.